The number of carbonyl (C=O) groups excluding carboxylic acids is 1. The highest BCUT2D eigenvalue weighted by molar-refractivity contribution is 7.12. The van der Waals surface area contributed by atoms with Crippen LogP contribution in [0.4, 0.5) is 0 Å². The van der Waals surface area contributed by atoms with Gasteiger partial charge in [0.05, 0.1) is 12.2 Å². The second-order valence-electron chi connectivity index (χ2n) is 7.19. The lowest BCUT2D eigenvalue weighted by molar-refractivity contribution is -0.907. The number of nitrogens with zero attached hydrogens (tertiary/aromatic N) is 2. The van der Waals surface area contributed by atoms with Crippen LogP contribution >= 0.6 is 11.3 Å². The van der Waals surface area contributed by atoms with Gasteiger partial charge in [0.2, 0.25) is 5.78 Å². The zero-order valence-electron chi connectivity index (χ0n) is 15.5. The first kappa shape index (κ1) is 17.2. The van der Waals surface area contributed by atoms with Crippen LogP contribution in [-0.4, -0.2) is 28.4 Å². The molecule has 4 rings (SSSR count). The molecule has 1 atom stereocenters. The summed E-state index contributed by atoms with van der Waals surface area (Å²) in [5.74, 6) is 0.229. The maximum Gasteiger partial charge on any atom is 0.218 e. The van der Waals surface area contributed by atoms with Gasteiger partial charge in [0.15, 0.2) is 5.13 Å². The second kappa shape index (κ2) is 6.82. The number of quaternary nitrogens is 1. The summed E-state index contributed by atoms with van der Waals surface area (Å²) in [6.45, 7) is 8.58. The number of thiazole rings is 1. The van der Waals surface area contributed by atoms with Gasteiger partial charge in [-0.3, -0.25) is 9.36 Å². The zero-order valence-corrected chi connectivity index (χ0v) is 16.3. The number of aromatic nitrogens is 2. The molecule has 0 bridgehead atoms. The van der Waals surface area contributed by atoms with E-state index < -0.39 is 0 Å². The molecular formula is C21H24N3OS+. The van der Waals surface area contributed by atoms with Crippen molar-refractivity contribution in [1.82, 2.24) is 9.55 Å². The number of carbonyl (C=O) groups is 1. The Balaban J connectivity index is 1.54. The number of benzene rings is 1. The summed E-state index contributed by atoms with van der Waals surface area (Å²) in [5.41, 5.74) is 6.73. The molecule has 3 aromatic rings. The Bertz CT molecular complexity index is 970. The Morgan fingerprint density at radius 1 is 1.23 bits per heavy atom. The molecule has 26 heavy (non-hydrogen) atoms. The largest absolute Gasteiger partial charge is 0.324 e. The minimum absolute atomic E-state index is 0.229. The SMILES string of the molecule is Cc1csc(-n2c(C)cc(C(=O)C[NH+]3CCc4ccccc4C3)c2C)n1. The third-order valence-corrected chi connectivity index (χ3v) is 6.19. The minimum Gasteiger partial charge on any atom is -0.324 e. The van der Waals surface area contributed by atoms with Crippen molar-refractivity contribution in [2.24, 2.45) is 0 Å². The minimum atomic E-state index is 0.229. The smallest absolute Gasteiger partial charge is 0.218 e. The number of fused-ring (bicyclic) bond motifs is 1. The first-order valence-corrected chi connectivity index (χ1v) is 9.96. The van der Waals surface area contributed by atoms with Crippen LogP contribution in [0.2, 0.25) is 0 Å². The molecule has 0 saturated carbocycles. The molecule has 1 aliphatic rings. The van der Waals surface area contributed by atoms with Crippen LogP contribution in [0.5, 0.6) is 0 Å². The maximum absolute atomic E-state index is 13.0. The fourth-order valence-corrected chi connectivity index (χ4v) is 4.81. The number of nitrogens with one attached hydrogen (secondary N) is 1. The normalized spacial score (nSPS) is 16.5. The van der Waals surface area contributed by atoms with Gasteiger partial charge in [0, 0.05) is 34.3 Å². The third kappa shape index (κ3) is 3.13. The Hall–Kier alpha value is -2.24. The summed E-state index contributed by atoms with van der Waals surface area (Å²) in [6.07, 6.45) is 1.05. The van der Waals surface area contributed by atoms with Crippen molar-refractivity contribution in [1.29, 1.82) is 0 Å². The van der Waals surface area contributed by atoms with Gasteiger partial charge in [-0.05, 0) is 32.4 Å². The van der Waals surface area contributed by atoms with Gasteiger partial charge in [-0.15, -0.1) is 11.3 Å². The average Bonchev–Trinajstić information content (AvgIpc) is 3.17. The molecule has 3 heterocycles. The molecule has 0 radical (unpaired) electrons. The standard InChI is InChI=1S/C21H23N3OS/c1-14-13-26-21(22-14)24-15(2)10-19(16(24)3)20(25)12-23-9-8-17-6-4-5-7-18(17)11-23/h4-7,10,13H,8-9,11-12H2,1-3H3/p+1. The molecule has 0 saturated heterocycles. The van der Waals surface area contributed by atoms with Gasteiger partial charge in [0.25, 0.3) is 0 Å². The maximum atomic E-state index is 13.0. The Morgan fingerprint density at radius 2 is 2.00 bits per heavy atom. The lowest BCUT2D eigenvalue weighted by Crippen LogP contribution is -3.12. The van der Waals surface area contributed by atoms with Crippen LogP contribution in [0.15, 0.2) is 35.7 Å². The van der Waals surface area contributed by atoms with Crippen LogP contribution in [0, 0.1) is 20.8 Å². The quantitative estimate of drug-likeness (QED) is 0.721. The van der Waals surface area contributed by atoms with Crippen molar-refractivity contribution >= 4 is 17.1 Å². The van der Waals surface area contributed by atoms with Gasteiger partial charge >= 0.3 is 0 Å². The molecule has 0 aliphatic carbocycles. The van der Waals surface area contributed by atoms with E-state index in [1.165, 1.54) is 16.0 Å². The zero-order chi connectivity index (χ0) is 18.3. The summed E-state index contributed by atoms with van der Waals surface area (Å²) in [7, 11) is 0. The van der Waals surface area contributed by atoms with E-state index in [-0.39, 0.29) is 5.78 Å². The van der Waals surface area contributed by atoms with Crippen molar-refractivity contribution in [3.63, 3.8) is 0 Å². The summed E-state index contributed by atoms with van der Waals surface area (Å²) < 4.78 is 2.10. The Morgan fingerprint density at radius 3 is 2.73 bits per heavy atom. The van der Waals surface area contributed by atoms with E-state index in [2.05, 4.69) is 33.8 Å². The third-order valence-electron chi connectivity index (χ3n) is 5.25. The number of ketones is 1. The number of Topliss-reactive ketones (excluding diaryl/α,β-unsaturated/α-hetero) is 1. The molecule has 1 aliphatic heterocycles. The van der Waals surface area contributed by atoms with Gasteiger partial charge in [-0.2, -0.15) is 0 Å². The van der Waals surface area contributed by atoms with Gasteiger partial charge in [-0.25, -0.2) is 4.98 Å². The summed E-state index contributed by atoms with van der Waals surface area (Å²) in [5, 5.41) is 2.99. The molecule has 1 unspecified atom stereocenters. The van der Waals surface area contributed by atoms with Crippen LogP contribution in [0.1, 0.15) is 38.6 Å². The van der Waals surface area contributed by atoms with E-state index in [0.29, 0.717) is 6.54 Å². The van der Waals surface area contributed by atoms with Crippen molar-refractivity contribution in [2.75, 3.05) is 13.1 Å². The summed E-state index contributed by atoms with van der Waals surface area (Å²) in [4.78, 5) is 18.9. The fraction of sp³-hybridized carbons (Fsp3) is 0.333. The second-order valence-corrected chi connectivity index (χ2v) is 8.02. The molecule has 0 spiro atoms. The molecule has 1 aromatic carbocycles. The highest BCUT2D eigenvalue weighted by Crippen LogP contribution is 2.23. The fourth-order valence-electron chi connectivity index (χ4n) is 3.90. The predicted octanol–water partition coefficient (Wildman–Crippen LogP) is 2.68. The molecule has 2 aromatic heterocycles. The summed E-state index contributed by atoms with van der Waals surface area (Å²) >= 11 is 1.62. The lowest BCUT2D eigenvalue weighted by Gasteiger charge is -2.25. The van der Waals surface area contributed by atoms with Crippen LogP contribution in [0.3, 0.4) is 0 Å². The molecule has 0 fully saturated rings. The molecule has 4 nitrogen and oxygen atoms in total. The van der Waals surface area contributed by atoms with Gasteiger partial charge in [-0.1, -0.05) is 24.3 Å². The van der Waals surface area contributed by atoms with E-state index in [9.17, 15) is 4.79 Å². The first-order valence-electron chi connectivity index (χ1n) is 9.08. The number of aryl methyl sites for hydroxylation is 2. The van der Waals surface area contributed by atoms with Crippen molar-refractivity contribution in [2.45, 2.75) is 33.7 Å². The van der Waals surface area contributed by atoms with Crippen molar-refractivity contribution < 1.29 is 9.69 Å². The highest BCUT2D eigenvalue weighted by atomic mass is 32.1. The van der Waals surface area contributed by atoms with E-state index >= 15 is 0 Å². The molecule has 1 N–H and O–H groups in total. The van der Waals surface area contributed by atoms with E-state index in [1.54, 1.807) is 11.3 Å². The summed E-state index contributed by atoms with van der Waals surface area (Å²) in [6, 6.07) is 10.6. The van der Waals surface area contributed by atoms with Crippen LogP contribution in [0.25, 0.3) is 5.13 Å². The van der Waals surface area contributed by atoms with E-state index in [1.807, 2.05) is 32.2 Å². The van der Waals surface area contributed by atoms with Gasteiger partial charge < -0.3 is 4.90 Å². The van der Waals surface area contributed by atoms with Crippen molar-refractivity contribution in [3.05, 3.63) is 69.5 Å². The first-order chi connectivity index (χ1) is 12.5. The van der Waals surface area contributed by atoms with E-state index in [4.69, 9.17) is 0 Å². The molecule has 5 heteroatoms. The van der Waals surface area contributed by atoms with Crippen molar-refractivity contribution in [3.8, 4) is 5.13 Å². The Labute approximate surface area is 158 Å². The lowest BCUT2D eigenvalue weighted by atomic mass is 9.99. The highest BCUT2D eigenvalue weighted by Gasteiger charge is 2.25. The van der Waals surface area contributed by atoms with E-state index in [0.717, 1.165) is 47.3 Å². The number of rotatable bonds is 4. The average molecular weight is 367 g/mol. The molecule has 0 amide bonds. The van der Waals surface area contributed by atoms with Gasteiger partial charge in [0.1, 0.15) is 13.1 Å². The number of hydrogen-bond donors (Lipinski definition) is 1. The Kier molecular flexibility index (Phi) is 4.51. The number of hydrogen-bond acceptors (Lipinski definition) is 3. The van der Waals surface area contributed by atoms with Crippen LogP contribution < -0.4 is 4.90 Å². The molecule has 134 valence electrons. The monoisotopic (exact) mass is 366 g/mol. The predicted molar refractivity (Wildman–Crippen MR) is 105 cm³/mol. The topological polar surface area (TPSA) is 39.3 Å². The van der Waals surface area contributed by atoms with Crippen LogP contribution in [-0.2, 0) is 13.0 Å². The molecular weight excluding hydrogens is 342 g/mol.